The molecule has 31 heavy (non-hydrogen) atoms. The largest absolute Gasteiger partial charge is 0.478 e. The summed E-state index contributed by atoms with van der Waals surface area (Å²) in [4.78, 5) is 23.7. The summed E-state index contributed by atoms with van der Waals surface area (Å²) in [6.07, 6.45) is -0.856. The van der Waals surface area contributed by atoms with Crippen molar-refractivity contribution in [3.05, 3.63) is 65.0 Å². The first kappa shape index (κ1) is 24.2. The predicted octanol–water partition coefficient (Wildman–Crippen LogP) is 4.54. The van der Waals surface area contributed by atoms with E-state index in [1.54, 1.807) is 32.9 Å². The summed E-state index contributed by atoms with van der Waals surface area (Å²) < 4.78 is 48.1. The van der Waals surface area contributed by atoms with E-state index in [9.17, 15) is 22.8 Å². The highest BCUT2D eigenvalue weighted by molar-refractivity contribution is 5.87. The number of hydrogen-bond acceptors (Lipinski definition) is 4. The SMILES string of the molecule is CC(C)C(OCc1ccc(F)c(OC(F)F)c1)C(=O)N[C@@H](C)c1ccc(C(=O)O)cc1. The van der Waals surface area contributed by atoms with Gasteiger partial charge in [0, 0.05) is 0 Å². The molecule has 2 rings (SSSR count). The van der Waals surface area contributed by atoms with E-state index in [1.165, 1.54) is 18.2 Å². The highest BCUT2D eigenvalue weighted by Crippen LogP contribution is 2.22. The Morgan fingerprint density at radius 2 is 1.71 bits per heavy atom. The summed E-state index contributed by atoms with van der Waals surface area (Å²) in [5, 5.41) is 11.8. The van der Waals surface area contributed by atoms with Crippen LogP contribution in [0.3, 0.4) is 0 Å². The topological polar surface area (TPSA) is 84.9 Å². The molecule has 0 radical (unpaired) electrons. The maximum Gasteiger partial charge on any atom is 0.387 e. The van der Waals surface area contributed by atoms with E-state index in [1.807, 2.05) is 0 Å². The van der Waals surface area contributed by atoms with Crippen molar-refractivity contribution in [3.8, 4) is 5.75 Å². The molecule has 2 atom stereocenters. The van der Waals surface area contributed by atoms with Gasteiger partial charge in [0.25, 0.3) is 0 Å². The Labute approximate surface area is 178 Å². The van der Waals surface area contributed by atoms with Crippen LogP contribution in [0.15, 0.2) is 42.5 Å². The van der Waals surface area contributed by atoms with Crippen LogP contribution < -0.4 is 10.1 Å². The van der Waals surface area contributed by atoms with Crippen LogP contribution in [0.2, 0.25) is 0 Å². The number of ether oxygens (including phenoxy) is 2. The van der Waals surface area contributed by atoms with Crippen LogP contribution in [0, 0.1) is 11.7 Å². The Balaban J connectivity index is 2.03. The van der Waals surface area contributed by atoms with Gasteiger partial charge in [-0.25, -0.2) is 9.18 Å². The molecule has 2 aromatic rings. The number of rotatable bonds is 10. The molecule has 1 unspecified atom stereocenters. The summed E-state index contributed by atoms with van der Waals surface area (Å²) in [7, 11) is 0. The molecule has 0 heterocycles. The summed E-state index contributed by atoms with van der Waals surface area (Å²) in [6, 6.07) is 9.17. The fraction of sp³-hybridized carbons (Fsp3) is 0.364. The van der Waals surface area contributed by atoms with Crippen LogP contribution in [0.5, 0.6) is 5.75 Å². The number of carboxylic acids is 1. The zero-order valence-electron chi connectivity index (χ0n) is 17.3. The molecular weight excluding hydrogens is 415 g/mol. The summed E-state index contributed by atoms with van der Waals surface area (Å²) in [5.41, 5.74) is 1.22. The molecule has 0 fully saturated rings. The highest BCUT2D eigenvalue weighted by atomic mass is 19.3. The molecule has 0 saturated carbocycles. The van der Waals surface area contributed by atoms with Gasteiger partial charge >= 0.3 is 12.6 Å². The average molecular weight is 439 g/mol. The van der Waals surface area contributed by atoms with Crippen LogP contribution in [0.25, 0.3) is 0 Å². The number of carboxylic acid groups (broad SMARTS) is 1. The van der Waals surface area contributed by atoms with Gasteiger partial charge in [-0.3, -0.25) is 4.79 Å². The van der Waals surface area contributed by atoms with E-state index in [0.29, 0.717) is 11.1 Å². The van der Waals surface area contributed by atoms with E-state index in [2.05, 4.69) is 10.1 Å². The summed E-state index contributed by atoms with van der Waals surface area (Å²) >= 11 is 0. The smallest absolute Gasteiger partial charge is 0.387 e. The van der Waals surface area contributed by atoms with Crippen LogP contribution in [0.1, 0.15) is 48.3 Å². The first-order valence-corrected chi connectivity index (χ1v) is 9.57. The summed E-state index contributed by atoms with van der Waals surface area (Å²) in [5.74, 6) is -3.17. The normalized spacial score (nSPS) is 13.2. The lowest BCUT2D eigenvalue weighted by Crippen LogP contribution is -2.40. The van der Waals surface area contributed by atoms with Crippen LogP contribution in [-0.4, -0.2) is 29.7 Å². The minimum Gasteiger partial charge on any atom is -0.478 e. The number of hydrogen-bond donors (Lipinski definition) is 2. The van der Waals surface area contributed by atoms with E-state index < -0.39 is 42.2 Å². The maximum absolute atomic E-state index is 13.6. The third-order valence-electron chi connectivity index (χ3n) is 4.52. The predicted molar refractivity (Wildman–Crippen MR) is 106 cm³/mol. The molecule has 6 nitrogen and oxygen atoms in total. The van der Waals surface area contributed by atoms with Crippen LogP contribution in [-0.2, 0) is 16.1 Å². The first-order valence-electron chi connectivity index (χ1n) is 9.57. The lowest BCUT2D eigenvalue weighted by atomic mass is 10.0. The van der Waals surface area contributed by atoms with Crippen molar-refractivity contribution < 1.29 is 37.3 Å². The van der Waals surface area contributed by atoms with Gasteiger partial charge < -0.3 is 19.9 Å². The van der Waals surface area contributed by atoms with Crippen molar-refractivity contribution in [2.75, 3.05) is 0 Å². The van der Waals surface area contributed by atoms with Crippen LogP contribution >= 0.6 is 0 Å². The molecule has 0 aliphatic carbocycles. The standard InChI is InChI=1S/C22H24F3NO5/c1-12(2)19(30-11-14-4-9-17(23)18(10-14)31-22(24)25)20(27)26-13(3)15-5-7-16(8-6-15)21(28)29/h4-10,12-13,19,22H,11H2,1-3H3,(H,26,27)(H,28,29)/t13-,19?/m0/s1. The Bertz CT molecular complexity index is 903. The summed E-state index contributed by atoms with van der Waals surface area (Å²) in [6.45, 7) is 2.04. The first-order chi connectivity index (χ1) is 14.6. The molecule has 0 spiro atoms. The van der Waals surface area contributed by atoms with Gasteiger partial charge in [0.05, 0.1) is 18.2 Å². The van der Waals surface area contributed by atoms with Crippen molar-refractivity contribution in [1.29, 1.82) is 0 Å². The Hall–Kier alpha value is -3.07. The lowest BCUT2D eigenvalue weighted by molar-refractivity contribution is -0.137. The number of alkyl halides is 2. The molecule has 1 amide bonds. The number of amides is 1. The van der Waals surface area contributed by atoms with E-state index in [0.717, 1.165) is 12.1 Å². The number of halogens is 3. The van der Waals surface area contributed by atoms with Crippen molar-refractivity contribution in [2.45, 2.75) is 46.1 Å². The maximum atomic E-state index is 13.6. The fourth-order valence-corrected chi connectivity index (χ4v) is 2.87. The quantitative estimate of drug-likeness (QED) is 0.568. The Morgan fingerprint density at radius 1 is 1.06 bits per heavy atom. The second-order valence-electron chi connectivity index (χ2n) is 7.28. The number of aromatic carboxylic acids is 1. The molecular formula is C22H24F3NO5. The van der Waals surface area contributed by atoms with Gasteiger partial charge in [-0.05, 0) is 48.2 Å². The fourth-order valence-electron chi connectivity index (χ4n) is 2.87. The molecule has 0 aromatic heterocycles. The average Bonchev–Trinajstić information content (AvgIpc) is 2.69. The molecule has 9 heteroatoms. The minimum atomic E-state index is -3.16. The van der Waals surface area contributed by atoms with E-state index in [4.69, 9.17) is 9.84 Å². The van der Waals surface area contributed by atoms with Gasteiger partial charge in [-0.15, -0.1) is 0 Å². The lowest BCUT2D eigenvalue weighted by Gasteiger charge is -2.24. The van der Waals surface area contributed by atoms with E-state index in [-0.39, 0.29) is 18.1 Å². The monoisotopic (exact) mass is 439 g/mol. The third kappa shape index (κ3) is 6.99. The van der Waals surface area contributed by atoms with Gasteiger partial charge in [0.15, 0.2) is 11.6 Å². The van der Waals surface area contributed by atoms with Crippen LogP contribution in [0.4, 0.5) is 13.2 Å². The van der Waals surface area contributed by atoms with Gasteiger partial charge in [-0.1, -0.05) is 32.0 Å². The zero-order valence-corrected chi connectivity index (χ0v) is 17.3. The zero-order chi connectivity index (χ0) is 23.1. The molecule has 0 aliphatic heterocycles. The molecule has 2 N–H and O–H groups in total. The van der Waals surface area contributed by atoms with Crippen molar-refractivity contribution in [1.82, 2.24) is 5.32 Å². The van der Waals surface area contributed by atoms with Gasteiger partial charge in [-0.2, -0.15) is 8.78 Å². The Morgan fingerprint density at radius 3 is 2.26 bits per heavy atom. The van der Waals surface area contributed by atoms with Crippen molar-refractivity contribution in [3.63, 3.8) is 0 Å². The second kappa shape index (κ2) is 10.8. The van der Waals surface area contributed by atoms with E-state index >= 15 is 0 Å². The van der Waals surface area contributed by atoms with Crippen molar-refractivity contribution in [2.24, 2.45) is 5.92 Å². The highest BCUT2D eigenvalue weighted by Gasteiger charge is 2.25. The van der Waals surface area contributed by atoms with Gasteiger partial charge in [0.1, 0.15) is 6.10 Å². The molecule has 0 saturated heterocycles. The number of carbonyl (C=O) groups excluding carboxylic acids is 1. The minimum absolute atomic E-state index is 0.113. The molecule has 0 aliphatic rings. The second-order valence-corrected chi connectivity index (χ2v) is 7.28. The molecule has 168 valence electrons. The number of nitrogens with one attached hydrogen (secondary N) is 1. The third-order valence-corrected chi connectivity index (χ3v) is 4.52. The van der Waals surface area contributed by atoms with Crippen molar-refractivity contribution >= 4 is 11.9 Å². The number of carbonyl (C=O) groups is 2. The van der Waals surface area contributed by atoms with Gasteiger partial charge in [0.2, 0.25) is 5.91 Å². The number of benzene rings is 2. The molecule has 0 bridgehead atoms. The Kier molecular flexibility index (Phi) is 8.44. The molecule has 2 aromatic carbocycles.